The zero-order chi connectivity index (χ0) is 11.5. The number of hydrogen-bond acceptors (Lipinski definition) is 3. The van der Waals surface area contributed by atoms with Gasteiger partial charge in [-0.2, -0.15) is 5.26 Å². The van der Waals surface area contributed by atoms with Gasteiger partial charge >= 0.3 is 0 Å². The summed E-state index contributed by atoms with van der Waals surface area (Å²) < 4.78 is 0. The lowest BCUT2D eigenvalue weighted by Gasteiger charge is -2.29. The van der Waals surface area contributed by atoms with Gasteiger partial charge in [-0.25, -0.2) is 0 Å². The van der Waals surface area contributed by atoms with E-state index in [0.29, 0.717) is 0 Å². The molecule has 0 aliphatic carbocycles. The van der Waals surface area contributed by atoms with Crippen LogP contribution in [0, 0.1) is 17.2 Å². The number of benzene rings is 1. The molecule has 1 aliphatic rings. The van der Waals surface area contributed by atoms with Crippen molar-refractivity contribution in [1.29, 1.82) is 5.26 Å². The minimum Gasteiger partial charge on any atom is -0.354 e. The molecule has 1 saturated heterocycles. The highest BCUT2D eigenvalue weighted by atomic mass is 32.1. The predicted octanol–water partition coefficient (Wildman–Crippen LogP) is 0.872. The van der Waals surface area contributed by atoms with Gasteiger partial charge in [0.2, 0.25) is 5.91 Å². The first kappa shape index (κ1) is 10.6. The van der Waals surface area contributed by atoms with E-state index < -0.39 is 5.92 Å². The Hall–Kier alpha value is -1.93. The van der Waals surface area contributed by atoms with Crippen molar-refractivity contribution in [2.75, 3.05) is 0 Å². The zero-order valence-electron chi connectivity index (χ0n) is 8.31. The van der Waals surface area contributed by atoms with Gasteiger partial charge in [-0.3, -0.25) is 4.79 Å². The Morgan fingerprint density at radius 3 is 2.62 bits per heavy atom. The molecule has 2 N–H and O–H groups in total. The average Bonchev–Trinajstić information content (AvgIpc) is 2.29. The number of rotatable bonds is 1. The summed E-state index contributed by atoms with van der Waals surface area (Å²) in [5.41, 5.74) is 0.881. The van der Waals surface area contributed by atoms with Crippen LogP contribution in [0.4, 0.5) is 0 Å². The molecule has 0 aromatic heterocycles. The predicted molar refractivity (Wildman–Crippen MR) is 62.2 cm³/mol. The van der Waals surface area contributed by atoms with E-state index in [1.54, 1.807) is 0 Å². The lowest BCUT2D eigenvalue weighted by Crippen LogP contribution is -2.53. The summed E-state index contributed by atoms with van der Waals surface area (Å²) in [4.78, 5) is 11.6. The van der Waals surface area contributed by atoms with Crippen LogP contribution < -0.4 is 10.6 Å². The summed E-state index contributed by atoms with van der Waals surface area (Å²) in [5, 5.41) is 14.6. The second-order valence-corrected chi connectivity index (χ2v) is 3.87. The number of amides is 1. The first-order valence-electron chi connectivity index (χ1n) is 4.78. The molecule has 2 atom stereocenters. The topological polar surface area (TPSA) is 64.9 Å². The van der Waals surface area contributed by atoms with E-state index in [0.717, 1.165) is 5.56 Å². The molecule has 1 aromatic rings. The largest absolute Gasteiger partial charge is 0.354 e. The van der Waals surface area contributed by atoms with Gasteiger partial charge in [0.15, 0.2) is 5.11 Å². The lowest BCUT2D eigenvalue weighted by molar-refractivity contribution is -0.123. The van der Waals surface area contributed by atoms with E-state index in [1.165, 1.54) is 0 Å². The number of hydrogen-bond donors (Lipinski definition) is 2. The number of nitrogens with zero attached hydrogens (tertiary/aromatic N) is 1. The molecule has 1 aliphatic heterocycles. The Morgan fingerprint density at radius 2 is 2.00 bits per heavy atom. The van der Waals surface area contributed by atoms with E-state index in [-0.39, 0.29) is 17.1 Å². The molecule has 1 amide bonds. The maximum absolute atomic E-state index is 11.6. The fraction of sp³-hybridized carbons (Fsp3) is 0.182. The Labute approximate surface area is 98.3 Å². The Morgan fingerprint density at radius 1 is 1.31 bits per heavy atom. The Bertz CT molecular complexity index is 466. The quantitative estimate of drug-likeness (QED) is 0.704. The van der Waals surface area contributed by atoms with E-state index in [9.17, 15) is 4.79 Å². The highest BCUT2D eigenvalue weighted by Gasteiger charge is 2.34. The summed E-state index contributed by atoms with van der Waals surface area (Å²) >= 11 is 4.91. The molecule has 4 nitrogen and oxygen atoms in total. The van der Waals surface area contributed by atoms with Crippen molar-refractivity contribution < 1.29 is 4.79 Å². The highest BCUT2D eigenvalue weighted by molar-refractivity contribution is 7.80. The molecule has 5 heteroatoms. The number of nitriles is 1. The number of thiocarbonyl (C=S) groups is 1. The normalized spacial score (nSPS) is 24.2. The van der Waals surface area contributed by atoms with Crippen molar-refractivity contribution in [3.63, 3.8) is 0 Å². The summed E-state index contributed by atoms with van der Waals surface area (Å²) in [7, 11) is 0. The molecule has 2 rings (SSSR count). The lowest BCUT2D eigenvalue weighted by atomic mass is 9.92. The molecule has 0 saturated carbocycles. The van der Waals surface area contributed by atoms with Crippen LogP contribution in [0.25, 0.3) is 0 Å². The van der Waals surface area contributed by atoms with Crippen molar-refractivity contribution in [3.8, 4) is 6.07 Å². The van der Waals surface area contributed by atoms with Crippen LogP contribution in [0.1, 0.15) is 11.6 Å². The minimum atomic E-state index is -0.755. The van der Waals surface area contributed by atoms with Crippen LogP contribution in [0.2, 0.25) is 0 Å². The van der Waals surface area contributed by atoms with Crippen LogP contribution >= 0.6 is 12.2 Å². The first-order chi connectivity index (χ1) is 7.72. The van der Waals surface area contributed by atoms with Gasteiger partial charge in [0.1, 0.15) is 5.92 Å². The minimum absolute atomic E-state index is 0.269. The third-order valence-electron chi connectivity index (χ3n) is 2.44. The molecule has 1 fully saturated rings. The van der Waals surface area contributed by atoms with Crippen molar-refractivity contribution in [2.24, 2.45) is 5.92 Å². The molecule has 2 unspecified atom stereocenters. The van der Waals surface area contributed by atoms with E-state index in [1.807, 2.05) is 36.4 Å². The highest BCUT2D eigenvalue weighted by Crippen LogP contribution is 2.24. The zero-order valence-corrected chi connectivity index (χ0v) is 9.12. The molecular weight excluding hydrogens is 222 g/mol. The summed E-state index contributed by atoms with van der Waals surface area (Å²) in [5.74, 6) is -1.10. The van der Waals surface area contributed by atoms with E-state index >= 15 is 0 Å². The summed E-state index contributed by atoms with van der Waals surface area (Å²) in [6, 6.07) is 11.0. The van der Waals surface area contributed by atoms with E-state index in [2.05, 4.69) is 10.6 Å². The monoisotopic (exact) mass is 231 g/mol. The van der Waals surface area contributed by atoms with Crippen LogP contribution in [0.3, 0.4) is 0 Å². The third kappa shape index (κ3) is 1.88. The molecule has 0 spiro atoms. The molecule has 80 valence electrons. The molecule has 16 heavy (non-hydrogen) atoms. The smallest absolute Gasteiger partial charge is 0.245 e. The molecule has 1 heterocycles. The standard InChI is InChI=1S/C11H9N3OS/c12-6-8-9(7-4-2-1-3-5-7)13-11(16)14-10(8)15/h1-5,8-9H,(H2,13,14,15,16). The van der Waals surface area contributed by atoms with Gasteiger partial charge in [0.05, 0.1) is 12.1 Å². The maximum Gasteiger partial charge on any atom is 0.245 e. The van der Waals surface area contributed by atoms with Gasteiger partial charge in [-0.1, -0.05) is 30.3 Å². The van der Waals surface area contributed by atoms with Crippen molar-refractivity contribution in [1.82, 2.24) is 10.6 Å². The molecule has 0 radical (unpaired) electrons. The number of carbonyl (C=O) groups is 1. The summed E-state index contributed by atoms with van der Waals surface area (Å²) in [6.45, 7) is 0. The van der Waals surface area contributed by atoms with Crippen LogP contribution in [-0.2, 0) is 4.79 Å². The van der Waals surface area contributed by atoms with Gasteiger partial charge < -0.3 is 10.6 Å². The summed E-state index contributed by atoms with van der Waals surface area (Å²) in [6.07, 6.45) is 0. The first-order valence-corrected chi connectivity index (χ1v) is 5.19. The van der Waals surface area contributed by atoms with Gasteiger partial charge in [0, 0.05) is 0 Å². The fourth-order valence-corrected chi connectivity index (χ4v) is 1.90. The van der Waals surface area contributed by atoms with Gasteiger partial charge in [-0.05, 0) is 17.8 Å². The van der Waals surface area contributed by atoms with Crippen molar-refractivity contribution in [3.05, 3.63) is 35.9 Å². The second kappa shape index (κ2) is 4.29. The Kier molecular flexibility index (Phi) is 2.84. The third-order valence-corrected chi connectivity index (χ3v) is 2.66. The number of nitrogens with one attached hydrogen (secondary N) is 2. The van der Waals surface area contributed by atoms with Crippen molar-refractivity contribution >= 4 is 23.2 Å². The van der Waals surface area contributed by atoms with Crippen molar-refractivity contribution in [2.45, 2.75) is 6.04 Å². The average molecular weight is 231 g/mol. The molecular formula is C11H9N3OS. The SMILES string of the molecule is N#CC1C(=O)NC(=S)NC1c1ccccc1. The maximum atomic E-state index is 11.6. The number of carbonyl (C=O) groups excluding carboxylic acids is 1. The molecule has 0 bridgehead atoms. The fourth-order valence-electron chi connectivity index (χ4n) is 1.67. The van der Waals surface area contributed by atoms with Crippen LogP contribution in [0.15, 0.2) is 30.3 Å². The van der Waals surface area contributed by atoms with E-state index in [4.69, 9.17) is 17.5 Å². The van der Waals surface area contributed by atoms with Gasteiger partial charge in [-0.15, -0.1) is 0 Å². The van der Waals surface area contributed by atoms with Crippen LogP contribution in [-0.4, -0.2) is 11.0 Å². The Balaban J connectivity index is 2.35. The van der Waals surface area contributed by atoms with Gasteiger partial charge in [0.25, 0.3) is 0 Å². The van der Waals surface area contributed by atoms with Crippen LogP contribution in [0.5, 0.6) is 0 Å². The second-order valence-electron chi connectivity index (χ2n) is 3.46. The molecule has 1 aromatic carbocycles.